The Morgan fingerprint density at radius 2 is 1.84 bits per heavy atom. The van der Waals surface area contributed by atoms with Gasteiger partial charge in [0.2, 0.25) is 10.0 Å². The standard InChI is InChI=1S/C9H12N2O6S2/c1-18(13,14)17-9(12)7-4-2-3-5-8(7)19(15,16)11-6-10/h2-5,11H,6,10H2,1H3. The second-order valence-electron chi connectivity index (χ2n) is 3.42. The smallest absolute Gasteiger partial charge is 0.341 e. The molecule has 1 aromatic rings. The summed E-state index contributed by atoms with van der Waals surface area (Å²) in [6.45, 7) is -0.363. The normalized spacial score (nSPS) is 12.1. The summed E-state index contributed by atoms with van der Waals surface area (Å²) in [4.78, 5) is 11.2. The number of nitrogens with one attached hydrogen (secondary N) is 1. The van der Waals surface area contributed by atoms with Crippen molar-refractivity contribution in [3.05, 3.63) is 29.8 Å². The molecule has 0 spiro atoms. The van der Waals surface area contributed by atoms with Crippen molar-refractivity contribution in [1.82, 2.24) is 4.72 Å². The third kappa shape index (κ3) is 4.28. The highest BCUT2D eigenvalue weighted by atomic mass is 32.2. The Morgan fingerprint density at radius 1 is 1.26 bits per heavy atom. The molecule has 0 aromatic heterocycles. The molecule has 0 atom stereocenters. The van der Waals surface area contributed by atoms with Crippen LogP contribution in [0.4, 0.5) is 0 Å². The Hall–Kier alpha value is -1.49. The predicted octanol–water partition coefficient (Wildman–Crippen LogP) is -1.00. The summed E-state index contributed by atoms with van der Waals surface area (Å²) < 4.78 is 51.4. The molecule has 0 heterocycles. The van der Waals surface area contributed by atoms with Crippen LogP contribution < -0.4 is 10.5 Å². The van der Waals surface area contributed by atoms with Gasteiger partial charge in [-0.3, -0.25) is 0 Å². The van der Waals surface area contributed by atoms with Gasteiger partial charge in [0.15, 0.2) is 0 Å². The van der Waals surface area contributed by atoms with E-state index in [-0.39, 0.29) is 6.67 Å². The first-order chi connectivity index (χ1) is 8.67. The van der Waals surface area contributed by atoms with Crippen molar-refractivity contribution in [1.29, 1.82) is 0 Å². The van der Waals surface area contributed by atoms with Gasteiger partial charge in [-0.15, -0.1) is 0 Å². The molecule has 0 aliphatic carbocycles. The van der Waals surface area contributed by atoms with Crippen molar-refractivity contribution in [2.75, 3.05) is 12.9 Å². The summed E-state index contributed by atoms with van der Waals surface area (Å²) in [6.07, 6.45) is 0.681. The zero-order chi connectivity index (χ0) is 14.7. The minimum absolute atomic E-state index is 0.363. The van der Waals surface area contributed by atoms with Crippen LogP contribution in [0.25, 0.3) is 0 Å². The zero-order valence-electron chi connectivity index (χ0n) is 9.86. The van der Waals surface area contributed by atoms with Gasteiger partial charge in [0.25, 0.3) is 0 Å². The van der Waals surface area contributed by atoms with E-state index in [1.165, 1.54) is 12.1 Å². The molecule has 106 valence electrons. The number of hydrogen-bond donors (Lipinski definition) is 2. The molecule has 0 bridgehead atoms. The van der Waals surface area contributed by atoms with Gasteiger partial charge in [-0.25, -0.2) is 13.2 Å². The van der Waals surface area contributed by atoms with E-state index in [2.05, 4.69) is 4.18 Å². The third-order valence-electron chi connectivity index (χ3n) is 1.90. The highest BCUT2D eigenvalue weighted by molar-refractivity contribution is 7.89. The fraction of sp³-hybridized carbons (Fsp3) is 0.222. The molecule has 3 N–H and O–H groups in total. The van der Waals surface area contributed by atoms with E-state index in [1.807, 2.05) is 4.72 Å². The maximum absolute atomic E-state index is 11.8. The maximum Gasteiger partial charge on any atom is 0.355 e. The molecule has 0 aliphatic rings. The van der Waals surface area contributed by atoms with E-state index >= 15 is 0 Å². The molecular weight excluding hydrogens is 296 g/mol. The van der Waals surface area contributed by atoms with E-state index in [0.717, 1.165) is 12.1 Å². The molecule has 0 saturated carbocycles. The van der Waals surface area contributed by atoms with Crippen LogP contribution in [-0.2, 0) is 24.3 Å². The first-order valence-electron chi connectivity index (χ1n) is 4.90. The van der Waals surface area contributed by atoms with Crippen molar-refractivity contribution in [2.45, 2.75) is 4.90 Å². The van der Waals surface area contributed by atoms with Gasteiger partial charge in [-0.2, -0.15) is 13.1 Å². The number of nitrogens with two attached hydrogens (primary N) is 1. The molecule has 0 unspecified atom stereocenters. The van der Waals surface area contributed by atoms with Gasteiger partial charge < -0.3 is 9.92 Å². The maximum atomic E-state index is 11.8. The van der Waals surface area contributed by atoms with Crippen molar-refractivity contribution in [3.8, 4) is 0 Å². The van der Waals surface area contributed by atoms with Gasteiger partial charge in [0.1, 0.15) is 0 Å². The van der Waals surface area contributed by atoms with E-state index in [0.29, 0.717) is 6.26 Å². The Morgan fingerprint density at radius 3 is 2.37 bits per heavy atom. The van der Waals surface area contributed by atoms with Crippen LogP contribution in [0.15, 0.2) is 29.2 Å². The summed E-state index contributed by atoms with van der Waals surface area (Å²) in [7, 11) is -8.05. The topological polar surface area (TPSA) is 133 Å². The van der Waals surface area contributed by atoms with Gasteiger partial charge in [-0.05, 0) is 12.1 Å². The van der Waals surface area contributed by atoms with Gasteiger partial charge in [0.05, 0.1) is 23.4 Å². The second kappa shape index (κ2) is 5.65. The number of hydrogen-bond acceptors (Lipinski definition) is 7. The van der Waals surface area contributed by atoms with Crippen LogP contribution in [0.3, 0.4) is 0 Å². The molecule has 1 rings (SSSR count). The Labute approximate surface area is 110 Å². The molecule has 0 radical (unpaired) electrons. The summed E-state index contributed by atoms with van der Waals surface area (Å²) in [5.41, 5.74) is 4.68. The Bertz CT molecular complexity index is 680. The highest BCUT2D eigenvalue weighted by Crippen LogP contribution is 2.16. The van der Waals surface area contributed by atoms with E-state index in [4.69, 9.17) is 5.73 Å². The molecule has 10 heteroatoms. The highest BCUT2D eigenvalue weighted by Gasteiger charge is 2.24. The quantitative estimate of drug-likeness (QED) is 0.526. The molecule has 19 heavy (non-hydrogen) atoms. The van der Waals surface area contributed by atoms with Crippen LogP contribution in [0.5, 0.6) is 0 Å². The number of carbonyl (C=O) groups excluding carboxylic acids is 1. The van der Waals surface area contributed by atoms with Gasteiger partial charge in [-0.1, -0.05) is 12.1 Å². The van der Waals surface area contributed by atoms with Crippen LogP contribution >= 0.6 is 0 Å². The average molecular weight is 308 g/mol. The van der Waals surface area contributed by atoms with Gasteiger partial charge in [0, 0.05) is 0 Å². The van der Waals surface area contributed by atoms with Crippen molar-refractivity contribution < 1.29 is 25.8 Å². The van der Waals surface area contributed by atoms with Gasteiger partial charge >= 0.3 is 16.1 Å². The Balaban J connectivity index is 3.28. The lowest BCUT2D eigenvalue weighted by molar-refractivity contribution is 0.0744. The number of rotatable bonds is 5. The minimum atomic E-state index is -4.04. The van der Waals surface area contributed by atoms with Crippen molar-refractivity contribution in [3.63, 3.8) is 0 Å². The molecular formula is C9H12N2O6S2. The lowest BCUT2D eigenvalue weighted by atomic mass is 10.2. The SMILES string of the molecule is CS(=O)(=O)OC(=O)c1ccccc1S(=O)(=O)NCN. The van der Waals surface area contributed by atoms with E-state index in [9.17, 15) is 21.6 Å². The van der Waals surface area contributed by atoms with E-state index < -0.39 is 36.6 Å². The lowest BCUT2D eigenvalue weighted by Crippen LogP contribution is -2.31. The van der Waals surface area contributed by atoms with E-state index in [1.54, 1.807) is 0 Å². The summed E-state index contributed by atoms with van der Waals surface area (Å²) in [5, 5.41) is 0. The predicted molar refractivity (Wildman–Crippen MR) is 66.1 cm³/mol. The number of carbonyl (C=O) groups is 1. The van der Waals surface area contributed by atoms with Crippen LogP contribution in [0, 0.1) is 0 Å². The third-order valence-corrected chi connectivity index (χ3v) is 3.83. The van der Waals surface area contributed by atoms with Crippen LogP contribution in [0.1, 0.15) is 10.4 Å². The fourth-order valence-corrected chi connectivity index (χ4v) is 2.68. The zero-order valence-corrected chi connectivity index (χ0v) is 11.5. The van der Waals surface area contributed by atoms with Crippen LogP contribution in [0.2, 0.25) is 0 Å². The van der Waals surface area contributed by atoms with Crippen LogP contribution in [-0.4, -0.2) is 35.7 Å². The largest absolute Gasteiger partial charge is 0.355 e. The summed E-state index contributed by atoms with van der Waals surface area (Å²) in [6, 6.07) is 5.03. The summed E-state index contributed by atoms with van der Waals surface area (Å²) >= 11 is 0. The molecule has 1 aromatic carbocycles. The number of sulfonamides is 1. The molecule has 8 nitrogen and oxygen atoms in total. The molecule has 0 aliphatic heterocycles. The first kappa shape index (κ1) is 15.6. The lowest BCUT2D eigenvalue weighted by Gasteiger charge is -2.09. The molecule has 0 amide bonds. The second-order valence-corrected chi connectivity index (χ2v) is 6.73. The minimum Gasteiger partial charge on any atom is -0.341 e. The van der Waals surface area contributed by atoms with Crippen molar-refractivity contribution in [2.24, 2.45) is 5.73 Å². The molecule has 0 saturated heterocycles. The summed E-state index contributed by atoms with van der Waals surface area (Å²) in [5.74, 6) is -1.28. The number of benzene rings is 1. The van der Waals surface area contributed by atoms with Crippen molar-refractivity contribution >= 4 is 26.1 Å². The first-order valence-corrected chi connectivity index (χ1v) is 8.20. The average Bonchev–Trinajstić information content (AvgIpc) is 2.26. The molecule has 0 fully saturated rings. The Kier molecular flexibility index (Phi) is 4.63. The monoisotopic (exact) mass is 308 g/mol. The fourth-order valence-electron chi connectivity index (χ4n) is 1.24.